The van der Waals surface area contributed by atoms with E-state index in [1.807, 2.05) is 6.07 Å². The zero-order chi connectivity index (χ0) is 17.6. The molecule has 7 heteroatoms. The first-order valence-corrected chi connectivity index (χ1v) is 10.8. The molecule has 0 bridgehead atoms. The molecule has 3 fully saturated rings. The Hall–Kier alpha value is -0.990. The van der Waals surface area contributed by atoms with Crippen molar-refractivity contribution in [3.63, 3.8) is 0 Å². The van der Waals surface area contributed by atoms with E-state index in [0.29, 0.717) is 34.9 Å². The van der Waals surface area contributed by atoms with E-state index < -0.39 is 10.0 Å². The van der Waals surface area contributed by atoms with E-state index in [0.717, 1.165) is 37.8 Å². The van der Waals surface area contributed by atoms with Crippen molar-refractivity contribution in [1.29, 1.82) is 0 Å². The number of benzene rings is 1. The molecule has 4 rings (SSSR count). The molecule has 6 nitrogen and oxygen atoms in total. The van der Waals surface area contributed by atoms with Gasteiger partial charge in [-0.3, -0.25) is 0 Å². The van der Waals surface area contributed by atoms with Crippen LogP contribution in [-0.2, 0) is 10.0 Å². The summed E-state index contributed by atoms with van der Waals surface area (Å²) in [5.41, 5.74) is 1.33. The van der Waals surface area contributed by atoms with Crippen LogP contribution < -0.4 is 15.1 Å². The third kappa shape index (κ3) is 3.48. The maximum Gasteiger partial charge on any atom is 0.241 e. The van der Waals surface area contributed by atoms with Crippen molar-refractivity contribution in [2.75, 3.05) is 20.1 Å². The summed E-state index contributed by atoms with van der Waals surface area (Å²) in [6.45, 7) is 1.65. The van der Waals surface area contributed by atoms with Crippen LogP contribution in [0.5, 0.6) is 0 Å². The summed E-state index contributed by atoms with van der Waals surface area (Å²) in [7, 11) is -2.16. The Morgan fingerprint density at radius 2 is 2.00 bits per heavy atom. The summed E-state index contributed by atoms with van der Waals surface area (Å²) >= 11 is 0. The van der Waals surface area contributed by atoms with Crippen molar-refractivity contribution in [2.24, 2.45) is 11.8 Å². The van der Waals surface area contributed by atoms with E-state index in [4.69, 9.17) is 0 Å². The Kier molecular flexibility index (Phi) is 4.62. The van der Waals surface area contributed by atoms with E-state index in [2.05, 4.69) is 10.0 Å². The maximum atomic E-state index is 13.2. The molecular formula is C18H27N3O3S. The van der Waals surface area contributed by atoms with Crippen LogP contribution in [0.25, 0.3) is 0 Å². The minimum atomic E-state index is -3.63. The van der Waals surface area contributed by atoms with E-state index in [1.165, 1.54) is 13.5 Å². The molecule has 138 valence electrons. The van der Waals surface area contributed by atoms with Crippen molar-refractivity contribution < 1.29 is 13.5 Å². The van der Waals surface area contributed by atoms with Gasteiger partial charge in [-0.05, 0) is 68.0 Å². The molecule has 3 unspecified atom stereocenters. The van der Waals surface area contributed by atoms with Gasteiger partial charge in [0, 0.05) is 18.7 Å². The molecule has 1 saturated heterocycles. The maximum absolute atomic E-state index is 13.2. The molecule has 2 aliphatic carbocycles. The molecule has 0 spiro atoms. The van der Waals surface area contributed by atoms with Gasteiger partial charge < -0.3 is 15.6 Å². The molecule has 25 heavy (non-hydrogen) atoms. The lowest BCUT2D eigenvalue weighted by atomic mass is 9.69. The normalized spacial score (nSPS) is 30.9. The molecule has 1 aromatic rings. The number of sulfonamides is 1. The summed E-state index contributed by atoms with van der Waals surface area (Å²) in [6, 6.07) is 5.10. The van der Waals surface area contributed by atoms with Crippen LogP contribution in [0.4, 0.5) is 5.69 Å². The van der Waals surface area contributed by atoms with Crippen LogP contribution in [-0.4, -0.2) is 34.6 Å². The molecule has 1 heterocycles. The third-order valence-corrected chi connectivity index (χ3v) is 7.63. The second-order valence-electron chi connectivity index (χ2n) is 7.80. The molecule has 0 aromatic heterocycles. The minimum Gasteiger partial charge on any atom is -0.629 e. The first kappa shape index (κ1) is 17.4. The number of quaternary nitrogens is 1. The van der Waals surface area contributed by atoms with Gasteiger partial charge in [0.1, 0.15) is 5.69 Å². The highest BCUT2D eigenvalue weighted by Crippen LogP contribution is 2.44. The Bertz CT molecular complexity index is 746. The van der Waals surface area contributed by atoms with E-state index in [-0.39, 0.29) is 11.1 Å². The number of hydrogen-bond donors (Lipinski definition) is 3. The molecule has 0 amide bonds. The summed E-state index contributed by atoms with van der Waals surface area (Å²) in [5, 5.41) is 15.0. The average Bonchev–Trinajstić information content (AvgIpc) is 3.37. The van der Waals surface area contributed by atoms with Crippen LogP contribution >= 0.6 is 0 Å². The predicted molar refractivity (Wildman–Crippen MR) is 96.1 cm³/mol. The number of nitrogens with one attached hydrogen (secondary N) is 3. The van der Waals surface area contributed by atoms with Crippen molar-refractivity contribution in [3.8, 4) is 0 Å². The van der Waals surface area contributed by atoms with Gasteiger partial charge in [-0.1, -0.05) is 6.07 Å². The number of rotatable bonds is 5. The standard InChI is InChI=1S/C18H27N3O3S/c1-21(22)14-5-7-16(12-2-3-12)18(10-14)25(23,24)20-17-11-19-9-8-13-4-6-15(13)17/h5,7,10,12-13,15,17,19-21H,2-4,6,8-9,11H2,1H3/t13?,15?,17-/m0/s1. The third-order valence-electron chi connectivity index (χ3n) is 6.08. The number of fused-ring (bicyclic) bond motifs is 1. The van der Waals surface area contributed by atoms with Crippen LogP contribution in [0.2, 0.25) is 0 Å². The Balaban J connectivity index is 1.63. The molecule has 0 radical (unpaired) electrons. The van der Waals surface area contributed by atoms with E-state index in [1.54, 1.807) is 12.1 Å². The smallest absolute Gasteiger partial charge is 0.241 e. The largest absolute Gasteiger partial charge is 0.629 e. The predicted octanol–water partition coefficient (Wildman–Crippen LogP) is 0.874. The lowest BCUT2D eigenvalue weighted by molar-refractivity contribution is -0.751. The van der Waals surface area contributed by atoms with Crippen LogP contribution in [0.3, 0.4) is 0 Å². The Labute approximate surface area is 149 Å². The van der Waals surface area contributed by atoms with Gasteiger partial charge in [0.2, 0.25) is 10.0 Å². The minimum absolute atomic E-state index is 0.0562. The monoisotopic (exact) mass is 365 g/mol. The van der Waals surface area contributed by atoms with Crippen molar-refractivity contribution >= 4 is 15.7 Å². The van der Waals surface area contributed by atoms with Gasteiger partial charge in [-0.15, -0.1) is 0 Å². The fraction of sp³-hybridized carbons (Fsp3) is 0.667. The zero-order valence-corrected chi connectivity index (χ0v) is 15.4. The number of hydrogen-bond acceptors (Lipinski definition) is 4. The second kappa shape index (κ2) is 6.63. The summed E-state index contributed by atoms with van der Waals surface area (Å²) in [5.74, 6) is 1.38. The Morgan fingerprint density at radius 3 is 2.64 bits per heavy atom. The van der Waals surface area contributed by atoms with Gasteiger partial charge in [0.05, 0.1) is 11.9 Å². The van der Waals surface area contributed by atoms with Gasteiger partial charge in [0.15, 0.2) is 0 Å². The van der Waals surface area contributed by atoms with Crippen molar-refractivity contribution in [3.05, 3.63) is 29.0 Å². The lowest BCUT2D eigenvalue weighted by Gasteiger charge is -2.40. The molecular weight excluding hydrogens is 338 g/mol. The lowest BCUT2D eigenvalue weighted by Crippen LogP contribution is -2.98. The second-order valence-corrected chi connectivity index (χ2v) is 9.49. The summed E-state index contributed by atoms with van der Waals surface area (Å²) in [4.78, 5) is 0.308. The molecule has 1 aromatic carbocycles. The van der Waals surface area contributed by atoms with Crippen LogP contribution in [0.15, 0.2) is 23.1 Å². The highest BCUT2D eigenvalue weighted by Gasteiger charge is 2.40. The average molecular weight is 365 g/mol. The topological polar surface area (TPSA) is 85.7 Å². The first-order chi connectivity index (χ1) is 12.0. The fourth-order valence-electron chi connectivity index (χ4n) is 4.29. The van der Waals surface area contributed by atoms with Crippen LogP contribution in [0, 0.1) is 17.0 Å². The van der Waals surface area contributed by atoms with Crippen molar-refractivity contribution in [2.45, 2.75) is 49.0 Å². The Morgan fingerprint density at radius 1 is 1.20 bits per heavy atom. The molecule has 2 saturated carbocycles. The highest BCUT2D eigenvalue weighted by atomic mass is 32.2. The first-order valence-electron chi connectivity index (χ1n) is 9.33. The van der Waals surface area contributed by atoms with E-state index in [9.17, 15) is 13.6 Å². The van der Waals surface area contributed by atoms with Gasteiger partial charge in [0.25, 0.3) is 0 Å². The van der Waals surface area contributed by atoms with Gasteiger partial charge in [-0.25, -0.2) is 13.1 Å². The molecule has 3 N–H and O–H groups in total. The van der Waals surface area contributed by atoms with Gasteiger partial charge >= 0.3 is 0 Å². The highest BCUT2D eigenvalue weighted by molar-refractivity contribution is 7.89. The fourth-order valence-corrected chi connectivity index (χ4v) is 5.90. The van der Waals surface area contributed by atoms with Crippen molar-refractivity contribution in [1.82, 2.24) is 10.0 Å². The summed E-state index contributed by atoms with van der Waals surface area (Å²) < 4.78 is 29.3. The SMILES string of the molecule is C[NH+]([O-])c1ccc(C2CC2)c(S(=O)(=O)N[C@H]2CNCCC3CCC32)c1. The molecule has 1 aliphatic heterocycles. The molecule has 4 atom stereocenters. The quantitative estimate of drug-likeness (QED) is 0.676. The zero-order valence-electron chi connectivity index (χ0n) is 14.6. The summed E-state index contributed by atoms with van der Waals surface area (Å²) in [6.07, 6.45) is 5.49. The van der Waals surface area contributed by atoms with Gasteiger partial charge in [-0.2, -0.15) is 0 Å². The number of hydroxylamine groups is 1. The van der Waals surface area contributed by atoms with E-state index >= 15 is 0 Å². The van der Waals surface area contributed by atoms with Crippen LogP contribution in [0.1, 0.15) is 43.6 Å². The molecule has 3 aliphatic rings.